The van der Waals surface area contributed by atoms with Crippen molar-refractivity contribution in [3.05, 3.63) is 34.9 Å². The van der Waals surface area contributed by atoms with Gasteiger partial charge >= 0.3 is 6.09 Å². The molecule has 0 aliphatic rings. The zero-order valence-electron chi connectivity index (χ0n) is 20.8. The molecule has 3 amide bonds. The van der Waals surface area contributed by atoms with Crippen LogP contribution in [0.3, 0.4) is 0 Å². The average Bonchev–Trinajstić information content (AvgIpc) is 2.59. The van der Waals surface area contributed by atoms with Crippen LogP contribution < -0.4 is 10.6 Å². The maximum atomic E-state index is 13.5. The SMILES string of the molecule is CCN(C(=O)C(CS)NC(=O)OC(C)(C)C)C(C(=O)NC(C)(C)C)c1cc(C)cc(C)c1. The molecule has 7 nitrogen and oxygen atoms in total. The molecule has 1 rings (SSSR count). The van der Waals surface area contributed by atoms with E-state index in [4.69, 9.17) is 4.74 Å². The van der Waals surface area contributed by atoms with Crippen molar-refractivity contribution in [3.63, 3.8) is 0 Å². The first kappa shape index (κ1) is 27.8. The summed E-state index contributed by atoms with van der Waals surface area (Å²) in [7, 11) is 0. The molecule has 2 N–H and O–H groups in total. The van der Waals surface area contributed by atoms with Crippen LogP contribution >= 0.6 is 12.6 Å². The summed E-state index contributed by atoms with van der Waals surface area (Å²) < 4.78 is 5.29. The van der Waals surface area contributed by atoms with Gasteiger partial charge in [-0.05, 0) is 67.9 Å². The van der Waals surface area contributed by atoms with E-state index in [0.29, 0.717) is 0 Å². The number of aryl methyl sites for hydroxylation is 2. The van der Waals surface area contributed by atoms with Gasteiger partial charge in [0.1, 0.15) is 17.7 Å². The zero-order valence-corrected chi connectivity index (χ0v) is 21.7. The molecule has 0 heterocycles. The first-order valence-electron chi connectivity index (χ1n) is 10.9. The van der Waals surface area contributed by atoms with Gasteiger partial charge in [-0.25, -0.2) is 4.79 Å². The van der Waals surface area contributed by atoms with Gasteiger partial charge in [0.15, 0.2) is 0 Å². The molecular formula is C24H39N3O4S. The summed E-state index contributed by atoms with van der Waals surface area (Å²) in [6, 6.07) is 4.04. The molecule has 0 saturated heterocycles. The molecule has 1 aromatic carbocycles. The lowest BCUT2D eigenvalue weighted by atomic mass is 9.97. The van der Waals surface area contributed by atoms with Crippen molar-refractivity contribution in [1.29, 1.82) is 0 Å². The van der Waals surface area contributed by atoms with Crippen LogP contribution in [0, 0.1) is 13.8 Å². The Morgan fingerprint density at radius 1 is 1.03 bits per heavy atom. The number of thiol groups is 1. The number of rotatable bonds is 7. The monoisotopic (exact) mass is 465 g/mol. The molecule has 2 unspecified atom stereocenters. The lowest BCUT2D eigenvalue weighted by molar-refractivity contribution is -0.142. The van der Waals surface area contributed by atoms with E-state index in [1.165, 1.54) is 4.90 Å². The summed E-state index contributed by atoms with van der Waals surface area (Å²) in [6.07, 6.45) is -0.706. The maximum absolute atomic E-state index is 13.5. The Morgan fingerprint density at radius 3 is 1.97 bits per heavy atom. The van der Waals surface area contributed by atoms with Gasteiger partial charge in [0.2, 0.25) is 11.8 Å². The average molecular weight is 466 g/mol. The number of nitrogens with zero attached hydrogens (tertiary/aromatic N) is 1. The number of likely N-dealkylation sites (N-methyl/N-ethyl adjacent to an activating group) is 1. The molecule has 32 heavy (non-hydrogen) atoms. The number of amides is 3. The molecule has 0 saturated carbocycles. The number of benzene rings is 1. The van der Waals surface area contributed by atoms with E-state index in [9.17, 15) is 14.4 Å². The summed E-state index contributed by atoms with van der Waals surface area (Å²) in [5, 5.41) is 5.58. The number of hydrogen-bond donors (Lipinski definition) is 3. The molecule has 0 aromatic heterocycles. The lowest BCUT2D eigenvalue weighted by Gasteiger charge is -2.35. The van der Waals surface area contributed by atoms with Crippen molar-refractivity contribution in [2.24, 2.45) is 0 Å². The Hall–Kier alpha value is -2.22. The third-order valence-corrected chi connectivity index (χ3v) is 4.78. The number of carbonyl (C=O) groups is 3. The number of alkyl carbamates (subject to hydrolysis) is 1. The van der Waals surface area contributed by atoms with E-state index < -0.39 is 35.2 Å². The van der Waals surface area contributed by atoms with E-state index in [2.05, 4.69) is 23.3 Å². The largest absolute Gasteiger partial charge is 0.444 e. The minimum Gasteiger partial charge on any atom is -0.444 e. The summed E-state index contributed by atoms with van der Waals surface area (Å²) >= 11 is 4.27. The van der Waals surface area contributed by atoms with Crippen LogP contribution in [0.15, 0.2) is 18.2 Å². The molecule has 0 spiro atoms. The van der Waals surface area contributed by atoms with Gasteiger partial charge < -0.3 is 20.3 Å². The summed E-state index contributed by atoms with van der Waals surface area (Å²) in [5.41, 5.74) is 1.53. The van der Waals surface area contributed by atoms with Crippen molar-refractivity contribution >= 4 is 30.5 Å². The molecular weight excluding hydrogens is 426 g/mol. The second-order valence-corrected chi connectivity index (χ2v) is 10.4. The zero-order chi connectivity index (χ0) is 24.9. The molecule has 0 bridgehead atoms. The van der Waals surface area contributed by atoms with Crippen LogP contribution in [-0.4, -0.2) is 52.3 Å². The quantitative estimate of drug-likeness (QED) is 0.533. The number of nitrogens with one attached hydrogen (secondary N) is 2. The predicted octanol–water partition coefficient (Wildman–Crippen LogP) is 3.93. The molecule has 1 aromatic rings. The molecule has 2 atom stereocenters. The second kappa shape index (κ2) is 11.1. The Balaban J connectivity index is 3.35. The van der Waals surface area contributed by atoms with Gasteiger partial charge in [-0.3, -0.25) is 9.59 Å². The van der Waals surface area contributed by atoms with Gasteiger partial charge in [0, 0.05) is 17.8 Å². The Kier molecular flexibility index (Phi) is 9.63. The van der Waals surface area contributed by atoms with E-state index >= 15 is 0 Å². The number of ether oxygens (including phenoxy) is 1. The molecule has 180 valence electrons. The van der Waals surface area contributed by atoms with Crippen molar-refractivity contribution < 1.29 is 19.1 Å². The van der Waals surface area contributed by atoms with Crippen LogP contribution in [0.4, 0.5) is 4.79 Å². The topological polar surface area (TPSA) is 87.7 Å². The molecule has 0 fully saturated rings. The second-order valence-electron chi connectivity index (χ2n) is 10.1. The van der Waals surface area contributed by atoms with Gasteiger partial charge in [-0.1, -0.05) is 29.3 Å². The van der Waals surface area contributed by atoms with Gasteiger partial charge in [0.05, 0.1) is 0 Å². The Morgan fingerprint density at radius 2 is 1.56 bits per heavy atom. The van der Waals surface area contributed by atoms with Crippen LogP contribution in [0.25, 0.3) is 0 Å². The van der Waals surface area contributed by atoms with Crippen LogP contribution in [0.5, 0.6) is 0 Å². The van der Waals surface area contributed by atoms with Crippen molar-refractivity contribution in [2.75, 3.05) is 12.3 Å². The normalized spacial score (nSPS) is 13.7. The first-order chi connectivity index (χ1) is 14.6. The van der Waals surface area contributed by atoms with Crippen LogP contribution in [0.1, 0.15) is 71.2 Å². The van der Waals surface area contributed by atoms with Gasteiger partial charge in [-0.15, -0.1) is 0 Å². The van der Waals surface area contributed by atoms with E-state index in [1.54, 1.807) is 27.7 Å². The summed E-state index contributed by atoms with van der Waals surface area (Å²) in [4.78, 5) is 40.6. The Labute approximate surface area is 198 Å². The highest BCUT2D eigenvalue weighted by molar-refractivity contribution is 7.80. The first-order valence-corrected chi connectivity index (χ1v) is 11.5. The van der Waals surface area contributed by atoms with Crippen molar-refractivity contribution in [3.8, 4) is 0 Å². The van der Waals surface area contributed by atoms with Crippen LogP contribution in [0.2, 0.25) is 0 Å². The summed E-state index contributed by atoms with van der Waals surface area (Å²) in [5.74, 6) is -0.621. The number of hydrogen-bond acceptors (Lipinski definition) is 5. The van der Waals surface area contributed by atoms with Gasteiger partial charge in [0.25, 0.3) is 0 Å². The smallest absolute Gasteiger partial charge is 0.408 e. The minimum atomic E-state index is -0.941. The highest BCUT2D eigenvalue weighted by Crippen LogP contribution is 2.25. The van der Waals surface area contributed by atoms with E-state index in [0.717, 1.165) is 16.7 Å². The lowest BCUT2D eigenvalue weighted by Crippen LogP contribution is -2.55. The molecule has 0 radical (unpaired) electrons. The third-order valence-electron chi connectivity index (χ3n) is 4.41. The van der Waals surface area contributed by atoms with Crippen LogP contribution in [-0.2, 0) is 14.3 Å². The third kappa shape index (κ3) is 8.73. The summed E-state index contributed by atoms with van der Waals surface area (Å²) in [6.45, 7) is 16.9. The highest BCUT2D eigenvalue weighted by atomic mass is 32.1. The minimum absolute atomic E-state index is 0.0645. The fraction of sp³-hybridized carbons (Fsp3) is 0.625. The molecule has 8 heteroatoms. The van der Waals surface area contributed by atoms with E-state index in [-0.39, 0.29) is 18.2 Å². The number of carbonyl (C=O) groups excluding carboxylic acids is 3. The van der Waals surface area contributed by atoms with Crippen molar-refractivity contribution in [2.45, 2.75) is 85.5 Å². The highest BCUT2D eigenvalue weighted by Gasteiger charge is 2.36. The fourth-order valence-corrected chi connectivity index (χ4v) is 3.63. The Bertz CT molecular complexity index is 807. The molecule has 0 aliphatic carbocycles. The standard InChI is InChI=1S/C24H39N3O4S/c1-10-27(21(29)18(14-32)25-22(30)31-24(7,8)9)19(20(28)26-23(4,5)6)17-12-15(2)11-16(3)13-17/h11-13,18-19,32H,10,14H2,1-9H3,(H,25,30)(H,26,28). The fourth-order valence-electron chi connectivity index (χ4n) is 3.38. The van der Waals surface area contributed by atoms with Gasteiger partial charge in [-0.2, -0.15) is 12.6 Å². The maximum Gasteiger partial charge on any atom is 0.408 e. The molecule has 0 aliphatic heterocycles. The van der Waals surface area contributed by atoms with E-state index in [1.807, 2.05) is 52.8 Å². The van der Waals surface area contributed by atoms with Crippen molar-refractivity contribution in [1.82, 2.24) is 15.5 Å². The predicted molar refractivity (Wildman–Crippen MR) is 131 cm³/mol.